The molecule has 4 aromatic rings. The topological polar surface area (TPSA) is 98.6 Å². The minimum absolute atomic E-state index is 0.0754. The zero-order valence-corrected chi connectivity index (χ0v) is 16.4. The predicted octanol–water partition coefficient (Wildman–Crippen LogP) is 4.27. The third-order valence-corrected chi connectivity index (χ3v) is 4.77. The van der Waals surface area contributed by atoms with E-state index in [2.05, 4.69) is 9.97 Å². The van der Waals surface area contributed by atoms with Gasteiger partial charge in [-0.25, -0.2) is 14.6 Å². The predicted molar refractivity (Wildman–Crippen MR) is 111 cm³/mol. The summed E-state index contributed by atoms with van der Waals surface area (Å²) in [5.41, 5.74) is 1.92. The Labute approximate surface area is 171 Å². The molecule has 0 amide bonds. The van der Waals surface area contributed by atoms with Gasteiger partial charge in [-0.1, -0.05) is 43.3 Å². The molecule has 0 spiro atoms. The van der Waals surface area contributed by atoms with Crippen molar-refractivity contribution in [2.75, 3.05) is 7.11 Å². The van der Waals surface area contributed by atoms with Crippen molar-refractivity contribution in [2.24, 2.45) is 0 Å². The Hall–Kier alpha value is -4.00. The molecule has 4 rings (SSSR count). The van der Waals surface area contributed by atoms with Crippen molar-refractivity contribution in [3.8, 4) is 11.6 Å². The van der Waals surface area contributed by atoms with Crippen LogP contribution in [0.15, 0.2) is 54.6 Å². The van der Waals surface area contributed by atoms with Crippen LogP contribution in [0.25, 0.3) is 21.8 Å². The van der Waals surface area contributed by atoms with Crippen LogP contribution in [-0.4, -0.2) is 34.1 Å². The van der Waals surface area contributed by atoms with Crippen LogP contribution in [0.3, 0.4) is 0 Å². The number of carbonyl (C=O) groups excluding carboxylic acids is 1. The lowest BCUT2D eigenvalue weighted by molar-refractivity contribution is 0.0680. The summed E-state index contributed by atoms with van der Waals surface area (Å²) in [5, 5.41) is 10.8. The van der Waals surface area contributed by atoms with Gasteiger partial charge in [0.25, 0.3) is 5.88 Å². The van der Waals surface area contributed by atoms with E-state index < -0.39 is 11.9 Å². The van der Waals surface area contributed by atoms with E-state index in [1.54, 1.807) is 42.5 Å². The first-order chi connectivity index (χ1) is 14.5. The summed E-state index contributed by atoms with van der Waals surface area (Å²) in [6.07, 6.45) is 0.631. The van der Waals surface area contributed by atoms with Gasteiger partial charge in [0, 0.05) is 16.5 Å². The van der Waals surface area contributed by atoms with E-state index in [0.29, 0.717) is 33.8 Å². The number of hydrogen-bond acceptors (Lipinski definition) is 6. The molecule has 0 radical (unpaired) electrons. The van der Waals surface area contributed by atoms with Crippen LogP contribution in [0.1, 0.15) is 33.3 Å². The Morgan fingerprint density at radius 1 is 0.967 bits per heavy atom. The van der Waals surface area contributed by atoms with Crippen LogP contribution in [0.4, 0.5) is 0 Å². The highest BCUT2D eigenvalue weighted by Gasteiger charge is 2.26. The minimum atomic E-state index is -1.25. The molecule has 7 heteroatoms. The number of aromatic nitrogens is 2. The van der Waals surface area contributed by atoms with Gasteiger partial charge in [0.05, 0.1) is 23.7 Å². The normalized spacial score (nSPS) is 10.9. The molecule has 2 aromatic carbocycles. The van der Waals surface area contributed by atoms with Crippen LogP contribution in [0.2, 0.25) is 0 Å². The number of rotatable bonds is 5. The molecule has 150 valence electrons. The van der Waals surface area contributed by atoms with Gasteiger partial charge in [-0.3, -0.25) is 4.98 Å². The van der Waals surface area contributed by atoms with E-state index in [1.807, 2.05) is 19.1 Å². The number of carbonyl (C=O) groups is 2. The number of ether oxygens (including phenoxy) is 2. The second-order valence-corrected chi connectivity index (χ2v) is 6.57. The van der Waals surface area contributed by atoms with Crippen LogP contribution in [0, 0.1) is 0 Å². The van der Waals surface area contributed by atoms with E-state index >= 15 is 0 Å². The number of carboxylic acid groups (broad SMARTS) is 1. The Kier molecular flexibility index (Phi) is 5.02. The maximum atomic E-state index is 13.1. The zero-order valence-electron chi connectivity index (χ0n) is 16.4. The molecule has 0 fully saturated rings. The van der Waals surface area contributed by atoms with Gasteiger partial charge in [-0.05, 0) is 24.6 Å². The fourth-order valence-electron chi connectivity index (χ4n) is 3.35. The Morgan fingerprint density at radius 2 is 1.60 bits per heavy atom. The Morgan fingerprint density at radius 3 is 2.23 bits per heavy atom. The first-order valence-electron chi connectivity index (χ1n) is 9.34. The molecule has 0 saturated carbocycles. The Bertz CT molecular complexity index is 1300. The summed E-state index contributed by atoms with van der Waals surface area (Å²) >= 11 is 0. The van der Waals surface area contributed by atoms with Crippen molar-refractivity contribution < 1.29 is 24.2 Å². The number of benzene rings is 2. The van der Waals surface area contributed by atoms with Gasteiger partial charge in [0.15, 0.2) is 0 Å². The van der Waals surface area contributed by atoms with Crippen molar-refractivity contribution in [1.29, 1.82) is 0 Å². The SMILES string of the molecule is CCc1cc(C(=O)Oc2c(OC)nc3ccccc3c2C(=O)O)c2ccccc2n1. The van der Waals surface area contributed by atoms with Gasteiger partial charge in [-0.2, -0.15) is 0 Å². The third-order valence-electron chi connectivity index (χ3n) is 4.77. The number of nitrogens with zero attached hydrogens (tertiary/aromatic N) is 2. The molecule has 0 aliphatic heterocycles. The first kappa shape index (κ1) is 19.3. The molecule has 1 N–H and O–H groups in total. The van der Waals surface area contributed by atoms with Crippen molar-refractivity contribution >= 4 is 33.7 Å². The number of hydrogen-bond donors (Lipinski definition) is 1. The van der Waals surface area contributed by atoms with Crippen LogP contribution < -0.4 is 9.47 Å². The average Bonchev–Trinajstić information content (AvgIpc) is 2.77. The number of fused-ring (bicyclic) bond motifs is 2. The number of para-hydroxylation sites is 2. The highest BCUT2D eigenvalue weighted by Crippen LogP contribution is 2.36. The highest BCUT2D eigenvalue weighted by molar-refractivity contribution is 6.09. The van der Waals surface area contributed by atoms with Gasteiger partial charge >= 0.3 is 11.9 Å². The first-order valence-corrected chi connectivity index (χ1v) is 9.34. The minimum Gasteiger partial charge on any atom is -0.478 e. The number of pyridine rings is 2. The van der Waals surface area contributed by atoms with E-state index in [9.17, 15) is 14.7 Å². The smallest absolute Gasteiger partial charge is 0.344 e. The highest BCUT2D eigenvalue weighted by atomic mass is 16.6. The Balaban J connectivity index is 1.89. The van der Waals surface area contributed by atoms with Gasteiger partial charge in [0.2, 0.25) is 5.75 Å². The van der Waals surface area contributed by atoms with Crippen molar-refractivity contribution in [2.45, 2.75) is 13.3 Å². The molecule has 2 heterocycles. The fraction of sp³-hybridized carbons (Fsp3) is 0.130. The molecule has 0 atom stereocenters. The van der Waals surface area contributed by atoms with Crippen LogP contribution in [0.5, 0.6) is 11.6 Å². The maximum absolute atomic E-state index is 13.1. The van der Waals surface area contributed by atoms with Crippen molar-refractivity contribution in [3.63, 3.8) is 0 Å². The van der Waals surface area contributed by atoms with E-state index in [1.165, 1.54) is 7.11 Å². The lowest BCUT2D eigenvalue weighted by Gasteiger charge is -2.14. The lowest BCUT2D eigenvalue weighted by Crippen LogP contribution is -2.15. The molecule has 0 aliphatic carbocycles. The summed E-state index contributed by atoms with van der Waals surface area (Å²) < 4.78 is 10.8. The van der Waals surface area contributed by atoms with Crippen molar-refractivity contribution in [1.82, 2.24) is 9.97 Å². The molecule has 0 bridgehead atoms. The van der Waals surface area contributed by atoms with Gasteiger partial charge in [-0.15, -0.1) is 0 Å². The van der Waals surface area contributed by atoms with E-state index in [4.69, 9.17) is 9.47 Å². The van der Waals surface area contributed by atoms with E-state index in [0.717, 1.165) is 5.69 Å². The van der Waals surface area contributed by atoms with Gasteiger partial charge in [0.1, 0.15) is 5.56 Å². The standard InChI is InChI=1S/C23H18N2O5/c1-3-13-12-16(14-8-4-6-10-17(14)24-13)23(28)30-20-19(22(26)27)15-9-5-7-11-18(15)25-21(20)29-2/h4-12H,3H2,1-2H3,(H,26,27). The molecule has 0 aliphatic rings. The largest absolute Gasteiger partial charge is 0.478 e. The second-order valence-electron chi connectivity index (χ2n) is 6.57. The molecular weight excluding hydrogens is 384 g/mol. The molecule has 30 heavy (non-hydrogen) atoms. The number of methoxy groups -OCH3 is 1. The molecular formula is C23H18N2O5. The van der Waals surface area contributed by atoms with E-state index in [-0.39, 0.29) is 17.2 Å². The molecule has 2 aromatic heterocycles. The number of esters is 1. The summed E-state index contributed by atoms with van der Waals surface area (Å²) in [7, 11) is 1.34. The summed E-state index contributed by atoms with van der Waals surface area (Å²) in [4.78, 5) is 34.0. The van der Waals surface area contributed by atoms with Crippen LogP contribution in [-0.2, 0) is 6.42 Å². The fourth-order valence-corrected chi connectivity index (χ4v) is 3.35. The summed E-state index contributed by atoms with van der Waals surface area (Å²) in [6, 6.07) is 15.6. The number of aryl methyl sites for hydroxylation is 1. The van der Waals surface area contributed by atoms with Crippen LogP contribution >= 0.6 is 0 Å². The maximum Gasteiger partial charge on any atom is 0.344 e. The summed E-state index contributed by atoms with van der Waals surface area (Å²) in [5.74, 6) is -2.26. The summed E-state index contributed by atoms with van der Waals surface area (Å²) in [6.45, 7) is 1.94. The van der Waals surface area contributed by atoms with Gasteiger partial charge < -0.3 is 14.6 Å². The molecule has 0 saturated heterocycles. The second kappa shape index (κ2) is 7.79. The number of aromatic carboxylic acids is 1. The average molecular weight is 402 g/mol. The number of carboxylic acids is 1. The zero-order chi connectivity index (χ0) is 21.3. The lowest BCUT2D eigenvalue weighted by atomic mass is 10.1. The van der Waals surface area contributed by atoms with Crippen molar-refractivity contribution in [3.05, 3.63) is 71.4 Å². The molecule has 0 unspecified atom stereocenters. The third kappa shape index (κ3) is 3.30. The monoisotopic (exact) mass is 402 g/mol. The molecule has 7 nitrogen and oxygen atoms in total. The quantitative estimate of drug-likeness (QED) is 0.498.